The van der Waals surface area contributed by atoms with E-state index in [9.17, 15) is 9.90 Å². The Balaban J connectivity index is 2.50. The molecular weight excluding hydrogens is 234 g/mol. The molecule has 1 aliphatic heterocycles. The van der Waals surface area contributed by atoms with Crippen LogP contribution >= 0.6 is 0 Å². The fourth-order valence-electron chi connectivity index (χ4n) is 2.18. The first kappa shape index (κ1) is 15.2. The summed E-state index contributed by atoms with van der Waals surface area (Å²) < 4.78 is 5.32. The van der Waals surface area contributed by atoms with E-state index < -0.39 is 11.7 Å². The summed E-state index contributed by atoms with van der Waals surface area (Å²) in [6.07, 6.45) is 1.27. The number of ether oxygens (including phenoxy) is 1. The number of carbonyl (C=O) groups is 1. The van der Waals surface area contributed by atoms with Gasteiger partial charge in [-0.25, -0.2) is 4.79 Å². The van der Waals surface area contributed by atoms with Gasteiger partial charge in [0.1, 0.15) is 5.60 Å². The lowest BCUT2D eigenvalue weighted by molar-refractivity contribution is -0.000884. The molecule has 5 nitrogen and oxygen atoms in total. The zero-order chi connectivity index (χ0) is 13.8. The van der Waals surface area contributed by atoms with Crippen LogP contribution in [0.4, 0.5) is 4.79 Å². The third-order valence-corrected chi connectivity index (χ3v) is 3.08. The van der Waals surface area contributed by atoms with E-state index in [1.807, 2.05) is 20.8 Å². The molecule has 0 aromatic carbocycles. The monoisotopic (exact) mass is 259 g/mol. The Labute approximate surface area is 109 Å². The van der Waals surface area contributed by atoms with Gasteiger partial charge in [-0.2, -0.15) is 0 Å². The number of hydrogen-bond donors (Lipinski definition) is 2. The number of likely N-dealkylation sites (tertiary alicyclic amines) is 1. The lowest BCUT2D eigenvalue weighted by Crippen LogP contribution is -2.45. The zero-order valence-corrected chi connectivity index (χ0v) is 11.6. The number of nitrogens with zero attached hydrogens (tertiary/aromatic N) is 1. The number of hydrogen-bond acceptors (Lipinski definition) is 4. The molecule has 0 radical (unpaired) electrons. The van der Waals surface area contributed by atoms with Crippen molar-refractivity contribution in [3.05, 3.63) is 0 Å². The Bertz CT molecular complexity index is 275. The molecule has 2 N–H and O–H groups in total. The van der Waals surface area contributed by atoms with Crippen molar-refractivity contribution in [2.24, 2.45) is 5.92 Å². The second-order valence-corrected chi connectivity index (χ2v) is 5.91. The molecule has 0 spiro atoms. The Kier molecular flexibility index (Phi) is 5.41. The van der Waals surface area contributed by atoms with E-state index in [-0.39, 0.29) is 18.6 Å². The minimum Gasteiger partial charge on any atom is -0.444 e. The number of piperidine rings is 1. The van der Waals surface area contributed by atoms with Gasteiger partial charge < -0.3 is 19.8 Å². The first-order chi connectivity index (χ1) is 8.33. The highest BCUT2D eigenvalue weighted by atomic mass is 16.6. The smallest absolute Gasteiger partial charge is 0.410 e. The maximum absolute atomic E-state index is 11.9. The van der Waals surface area contributed by atoms with Crippen LogP contribution in [-0.2, 0) is 4.74 Å². The predicted molar refractivity (Wildman–Crippen MR) is 68.2 cm³/mol. The molecule has 0 unspecified atom stereocenters. The number of aliphatic hydroxyl groups is 2. The van der Waals surface area contributed by atoms with Gasteiger partial charge in [-0.1, -0.05) is 0 Å². The van der Waals surface area contributed by atoms with E-state index in [0.717, 1.165) is 12.8 Å². The molecule has 1 aliphatic rings. The van der Waals surface area contributed by atoms with E-state index in [0.29, 0.717) is 19.5 Å². The van der Waals surface area contributed by atoms with Gasteiger partial charge in [-0.15, -0.1) is 0 Å². The molecule has 1 heterocycles. The van der Waals surface area contributed by atoms with Gasteiger partial charge in [0.05, 0.1) is 6.10 Å². The lowest BCUT2D eigenvalue weighted by atomic mass is 9.91. The van der Waals surface area contributed by atoms with E-state index in [2.05, 4.69) is 0 Å². The van der Waals surface area contributed by atoms with Crippen molar-refractivity contribution in [3.63, 3.8) is 0 Å². The number of carbonyl (C=O) groups excluding carboxylic acids is 1. The van der Waals surface area contributed by atoms with Gasteiger partial charge in [-0.3, -0.25) is 0 Å². The lowest BCUT2D eigenvalue weighted by Gasteiger charge is -2.35. The minimum atomic E-state index is -0.541. The summed E-state index contributed by atoms with van der Waals surface area (Å²) in [5, 5.41) is 18.7. The third-order valence-electron chi connectivity index (χ3n) is 3.08. The SMILES string of the molecule is CC(C)(C)OC(=O)N1CCC[C@@H]([C@H](O)CCO)C1. The highest BCUT2D eigenvalue weighted by Gasteiger charge is 2.30. The molecule has 18 heavy (non-hydrogen) atoms. The fourth-order valence-corrected chi connectivity index (χ4v) is 2.18. The van der Waals surface area contributed by atoms with Gasteiger partial charge in [0.15, 0.2) is 0 Å². The molecule has 1 rings (SSSR count). The van der Waals surface area contributed by atoms with E-state index in [4.69, 9.17) is 9.84 Å². The molecule has 0 bridgehead atoms. The average Bonchev–Trinajstić information content (AvgIpc) is 2.27. The summed E-state index contributed by atoms with van der Waals surface area (Å²) in [6.45, 7) is 6.68. The van der Waals surface area contributed by atoms with Crippen molar-refractivity contribution in [1.29, 1.82) is 0 Å². The van der Waals surface area contributed by atoms with Crippen LogP contribution in [0.3, 0.4) is 0 Å². The minimum absolute atomic E-state index is 0.0237. The summed E-state index contributed by atoms with van der Waals surface area (Å²) in [5.41, 5.74) is -0.492. The molecule has 0 saturated carbocycles. The molecule has 1 saturated heterocycles. The van der Waals surface area contributed by atoms with Crippen molar-refractivity contribution in [3.8, 4) is 0 Å². The van der Waals surface area contributed by atoms with Crippen molar-refractivity contribution < 1.29 is 19.7 Å². The van der Waals surface area contributed by atoms with Crippen molar-refractivity contribution in [2.45, 2.75) is 51.7 Å². The van der Waals surface area contributed by atoms with Crippen molar-refractivity contribution in [2.75, 3.05) is 19.7 Å². The van der Waals surface area contributed by atoms with Crippen LogP contribution < -0.4 is 0 Å². The fraction of sp³-hybridized carbons (Fsp3) is 0.923. The van der Waals surface area contributed by atoms with Crippen LogP contribution in [0.15, 0.2) is 0 Å². The highest BCUT2D eigenvalue weighted by molar-refractivity contribution is 5.68. The first-order valence-corrected chi connectivity index (χ1v) is 6.60. The topological polar surface area (TPSA) is 70.0 Å². The summed E-state index contributed by atoms with van der Waals surface area (Å²) >= 11 is 0. The quantitative estimate of drug-likeness (QED) is 0.803. The number of rotatable bonds is 3. The average molecular weight is 259 g/mol. The Morgan fingerprint density at radius 3 is 2.72 bits per heavy atom. The molecule has 2 atom stereocenters. The molecule has 1 fully saturated rings. The van der Waals surface area contributed by atoms with Crippen LogP contribution in [0.5, 0.6) is 0 Å². The summed E-state index contributed by atoms with van der Waals surface area (Å²) in [6, 6.07) is 0. The standard InChI is InChI=1S/C13H25NO4/c1-13(2,3)18-12(17)14-7-4-5-10(9-14)11(16)6-8-15/h10-11,15-16H,4-9H2,1-3H3/t10-,11-/m1/s1. The maximum Gasteiger partial charge on any atom is 0.410 e. The summed E-state index contributed by atoms with van der Waals surface area (Å²) in [4.78, 5) is 13.6. The second kappa shape index (κ2) is 6.38. The van der Waals surface area contributed by atoms with Crippen LogP contribution in [0.2, 0.25) is 0 Å². The molecule has 1 amide bonds. The molecular formula is C13H25NO4. The normalized spacial score (nSPS) is 22.7. The largest absolute Gasteiger partial charge is 0.444 e. The molecule has 0 aromatic rings. The van der Waals surface area contributed by atoms with E-state index >= 15 is 0 Å². The Morgan fingerprint density at radius 2 is 2.17 bits per heavy atom. The van der Waals surface area contributed by atoms with Gasteiger partial charge in [0, 0.05) is 25.6 Å². The van der Waals surface area contributed by atoms with E-state index in [1.54, 1.807) is 4.90 Å². The Morgan fingerprint density at radius 1 is 1.50 bits per heavy atom. The van der Waals surface area contributed by atoms with E-state index in [1.165, 1.54) is 0 Å². The second-order valence-electron chi connectivity index (χ2n) is 5.91. The first-order valence-electron chi connectivity index (χ1n) is 6.60. The molecule has 0 aliphatic carbocycles. The highest BCUT2D eigenvalue weighted by Crippen LogP contribution is 2.23. The van der Waals surface area contributed by atoms with Gasteiger partial charge in [-0.05, 0) is 40.0 Å². The third kappa shape index (κ3) is 4.82. The van der Waals surface area contributed by atoms with Crippen LogP contribution in [0.25, 0.3) is 0 Å². The van der Waals surface area contributed by atoms with Crippen LogP contribution in [-0.4, -0.2) is 52.6 Å². The molecule has 5 heteroatoms. The van der Waals surface area contributed by atoms with Crippen LogP contribution in [0.1, 0.15) is 40.0 Å². The number of amides is 1. The number of aliphatic hydroxyl groups excluding tert-OH is 2. The maximum atomic E-state index is 11.9. The van der Waals surface area contributed by atoms with Gasteiger partial charge in [0.25, 0.3) is 0 Å². The van der Waals surface area contributed by atoms with Gasteiger partial charge in [0.2, 0.25) is 0 Å². The van der Waals surface area contributed by atoms with Gasteiger partial charge >= 0.3 is 6.09 Å². The van der Waals surface area contributed by atoms with Crippen molar-refractivity contribution >= 4 is 6.09 Å². The zero-order valence-electron chi connectivity index (χ0n) is 11.6. The van der Waals surface area contributed by atoms with Crippen molar-refractivity contribution in [1.82, 2.24) is 4.90 Å². The summed E-state index contributed by atoms with van der Waals surface area (Å²) in [5.74, 6) is 0.0402. The van der Waals surface area contributed by atoms with Crippen LogP contribution in [0, 0.1) is 5.92 Å². The Hall–Kier alpha value is -0.810. The predicted octanol–water partition coefficient (Wildman–Crippen LogP) is 1.38. The summed E-state index contributed by atoms with van der Waals surface area (Å²) in [7, 11) is 0. The molecule has 106 valence electrons. The molecule has 0 aromatic heterocycles.